The van der Waals surface area contributed by atoms with Crippen LogP contribution in [0.4, 0.5) is 5.13 Å². The second-order valence-electron chi connectivity index (χ2n) is 3.25. The molecule has 0 aromatic carbocycles. The van der Waals surface area contributed by atoms with E-state index in [4.69, 9.17) is 5.73 Å². The molecule has 4 heteroatoms. The minimum atomic E-state index is 0.244. The van der Waals surface area contributed by atoms with Crippen LogP contribution in [0, 0.1) is 0 Å². The van der Waals surface area contributed by atoms with Crippen molar-refractivity contribution in [2.24, 2.45) is 0 Å². The zero-order valence-corrected chi connectivity index (χ0v) is 8.67. The first-order valence-corrected chi connectivity index (χ1v) is 5.93. The molecule has 2 heterocycles. The molecular weight excluding hydrogens is 188 g/mol. The van der Waals surface area contributed by atoms with Gasteiger partial charge in [-0.2, -0.15) is 0 Å². The maximum atomic E-state index is 5.60. The Bertz CT molecular complexity index is 276. The van der Waals surface area contributed by atoms with Crippen LogP contribution in [0.1, 0.15) is 25.5 Å². The number of nitrogen functional groups attached to an aromatic ring is 1. The fourth-order valence-corrected chi connectivity index (χ4v) is 3.56. The molecule has 0 radical (unpaired) electrons. The highest BCUT2D eigenvalue weighted by atomic mass is 32.2. The van der Waals surface area contributed by atoms with Crippen molar-refractivity contribution in [1.82, 2.24) is 4.98 Å². The van der Waals surface area contributed by atoms with E-state index in [1.165, 1.54) is 24.3 Å². The summed E-state index contributed by atoms with van der Waals surface area (Å²) in [6, 6.07) is 0. The number of nitrogens with two attached hydrogens (primary N) is 1. The molecule has 1 aliphatic rings. The Balaban J connectivity index is 2.28. The number of hydrogen-bond acceptors (Lipinski definition) is 4. The Morgan fingerprint density at radius 1 is 1.67 bits per heavy atom. The van der Waals surface area contributed by atoms with Crippen molar-refractivity contribution in [1.29, 1.82) is 0 Å². The number of thioether (sulfide) groups is 1. The number of thiazole rings is 1. The molecule has 1 unspecified atom stereocenters. The molecule has 66 valence electrons. The van der Waals surface area contributed by atoms with Gasteiger partial charge in [0.1, 0.15) is 0 Å². The predicted molar refractivity (Wildman–Crippen MR) is 55.6 cm³/mol. The van der Waals surface area contributed by atoms with Crippen molar-refractivity contribution < 1.29 is 0 Å². The molecule has 1 aromatic heterocycles. The van der Waals surface area contributed by atoms with E-state index in [1.807, 2.05) is 11.8 Å². The Labute approximate surface area is 80.6 Å². The maximum Gasteiger partial charge on any atom is 0.180 e. The maximum absolute atomic E-state index is 5.60. The Morgan fingerprint density at radius 2 is 2.50 bits per heavy atom. The van der Waals surface area contributed by atoms with Crippen molar-refractivity contribution in [3.05, 3.63) is 11.1 Å². The number of aromatic nitrogens is 1. The lowest BCUT2D eigenvalue weighted by Gasteiger charge is -2.19. The van der Waals surface area contributed by atoms with Gasteiger partial charge >= 0.3 is 0 Å². The second kappa shape index (κ2) is 2.92. The zero-order valence-electron chi connectivity index (χ0n) is 7.04. The van der Waals surface area contributed by atoms with E-state index in [9.17, 15) is 0 Å². The van der Waals surface area contributed by atoms with Crippen LogP contribution in [-0.2, 0) is 4.75 Å². The standard InChI is InChI=1S/C8H12N2S2/c1-8(3-2-4-12-8)6-5-11-7(9)10-6/h5H,2-4H2,1H3,(H2,9,10). The normalized spacial score (nSPS) is 29.4. The highest BCUT2D eigenvalue weighted by Crippen LogP contribution is 2.46. The third kappa shape index (κ3) is 1.33. The molecule has 1 aliphatic heterocycles. The fourth-order valence-electron chi connectivity index (χ4n) is 1.51. The first-order valence-electron chi connectivity index (χ1n) is 4.06. The quantitative estimate of drug-likeness (QED) is 0.757. The van der Waals surface area contributed by atoms with E-state index in [1.54, 1.807) is 11.3 Å². The van der Waals surface area contributed by atoms with E-state index in [-0.39, 0.29) is 4.75 Å². The average Bonchev–Trinajstić information content (AvgIpc) is 2.59. The van der Waals surface area contributed by atoms with Crippen molar-refractivity contribution in [2.45, 2.75) is 24.5 Å². The van der Waals surface area contributed by atoms with E-state index < -0.39 is 0 Å². The number of hydrogen-bond donors (Lipinski definition) is 1. The van der Waals surface area contributed by atoms with Crippen molar-refractivity contribution >= 4 is 28.2 Å². The molecule has 1 atom stereocenters. The minimum absolute atomic E-state index is 0.244. The molecule has 2 N–H and O–H groups in total. The Kier molecular flexibility index (Phi) is 2.04. The summed E-state index contributed by atoms with van der Waals surface area (Å²) in [6.45, 7) is 2.26. The molecule has 0 spiro atoms. The smallest absolute Gasteiger partial charge is 0.180 e. The summed E-state index contributed by atoms with van der Waals surface area (Å²) >= 11 is 3.54. The van der Waals surface area contributed by atoms with Crippen LogP contribution in [0.25, 0.3) is 0 Å². The minimum Gasteiger partial charge on any atom is -0.375 e. The first-order chi connectivity index (χ1) is 5.71. The van der Waals surface area contributed by atoms with Crippen LogP contribution in [0.2, 0.25) is 0 Å². The summed E-state index contributed by atoms with van der Waals surface area (Å²) < 4.78 is 0.244. The van der Waals surface area contributed by atoms with Gasteiger partial charge in [0.15, 0.2) is 5.13 Å². The fraction of sp³-hybridized carbons (Fsp3) is 0.625. The van der Waals surface area contributed by atoms with Gasteiger partial charge in [-0.05, 0) is 25.5 Å². The van der Waals surface area contributed by atoms with Gasteiger partial charge in [-0.3, -0.25) is 0 Å². The third-order valence-corrected chi connectivity index (χ3v) is 4.50. The van der Waals surface area contributed by atoms with Gasteiger partial charge in [-0.25, -0.2) is 4.98 Å². The molecule has 0 amide bonds. The van der Waals surface area contributed by atoms with Gasteiger partial charge in [0.2, 0.25) is 0 Å². The lowest BCUT2D eigenvalue weighted by molar-refractivity contribution is 0.631. The Hall–Kier alpha value is -0.220. The summed E-state index contributed by atoms with van der Waals surface area (Å²) in [7, 11) is 0. The van der Waals surface area contributed by atoms with Crippen LogP contribution in [0.5, 0.6) is 0 Å². The SMILES string of the molecule is CC1(c2csc(N)n2)CCCS1. The molecule has 1 aromatic rings. The topological polar surface area (TPSA) is 38.9 Å². The van der Waals surface area contributed by atoms with Crippen molar-refractivity contribution in [2.75, 3.05) is 11.5 Å². The summed E-state index contributed by atoms with van der Waals surface area (Å²) in [6.07, 6.45) is 2.54. The Morgan fingerprint density at radius 3 is 3.00 bits per heavy atom. The number of anilines is 1. The van der Waals surface area contributed by atoms with E-state index in [0.717, 1.165) is 0 Å². The lowest BCUT2D eigenvalue weighted by Crippen LogP contribution is -2.13. The summed E-state index contributed by atoms with van der Waals surface area (Å²) in [4.78, 5) is 4.34. The van der Waals surface area contributed by atoms with Gasteiger partial charge in [0.05, 0.1) is 10.4 Å². The van der Waals surface area contributed by atoms with E-state index in [0.29, 0.717) is 5.13 Å². The van der Waals surface area contributed by atoms with Gasteiger partial charge < -0.3 is 5.73 Å². The monoisotopic (exact) mass is 200 g/mol. The molecule has 1 fully saturated rings. The van der Waals surface area contributed by atoms with E-state index in [2.05, 4.69) is 17.3 Å². The average molecular weight is 200 g/mol. The van der Waals surface area contributed by atoms with Crippen LogP contribution >= 0.6 is 23.1 Å². The van der Waals surface area contributed by atoms with Crippen LogP contribution < -0.4 is 5.73 Å². The molecule has 2 nitrogen and oxygen atoms in total. The van der Waals surface area contributed by atoms with Gasteiger partial charge in [0.25, 0.3) is 0 Å². The van der Waals surface area contributed by atoms with Crippen molar-refractivity contribution in [3.8, 4) is 0 Å². The first kappa shape index (κ1) is 8.38. The van der Waals surface area contributed by atoms with Crippen LogP contribution in [-0.4, -0.2) is 10.7 Å². The van der Waals surface area contributed by atoms with Crippen LogP contribution in [0.3, 0.4) is 0 Å². The van der Waals surface area contributed by atoms with Gasteiger partial charge in [-0.15, -0.1) is 23.1 Å². The molecule has 0 saturated carbocycles. The number of rotatable bonds is 1. The zero-order chi connectivity index (χ0) is 8.60. The molecule has 0 aliphatic carbocycles. The van der Waals surface area contributed by atoms with Gasteiger partial charge in [0, 0.05) is 5.38 Å². The van der Waals surface area contributed by atoms with Crippen molar-refractivity contribution in [3.63, 3.8) is 0 Å². The largest absolute Gasteiger partial charge is 0.375 e. The number of nitrogens with zero attached hydrogens (tertiary/aromatic N) is 1. The summed E-state index contributed by atoms with van der Waals surface area (Å²) in [5.41, 5.74) is 6.78. The summed E-state index contributed by atoms with van der Waals surface area (Å²) in [5.74, 6) is 1.26. The second-order valence-corrected chi connectivity index (χ2v) is 5.74. The van der Waals surface area contributed by atoms with Gasteiger partial charge in [-0.1, -0.05) is 0 Å². The highest BCUT2D eigenvalue weighted by molar-refractivity contribution is 8.00. The molecule has 0 bridgehead atoms. The summed E-state index contributed by atoms with van der Waals surface area (Å²) in [5, 5.41) is 2.78. The highest BCUT2D eigenvalue weighted by Gasteiger charge is 2.33. The molecule has 2 rings (SSSR count). The van der Waals surface area contributed by atoms with Crippen LogP contribution in [0.15, 0.2) is 5.38 Å². The lowest BCUT2D eigenvalue weighted by atomic mass is 10.0. The predicted octanol–water partition coefficient (Wildman–Crippen LogP) is 2.47. The molecule has 1 saturated heterocycles. The van der Waals surface area contributed by atoms with E-state index >= 15 is 0 Å². The molecular formula is C8H12N2S2. The third-order valence-electron chi connectivity index (χ3n) is 2.28. The molecule has 12 heavy (non-hydrogen) atoms.